The standard InChI is InChI=1S/C16H13BrCl2N2/c1-9-4-3-5-14(15(9)17)21-13-7-6-11(19)8-12(13)20-16(21)10(2)18/h3-8,10H,1-2H3. The van der Waals surface area contributed by atoms with Gasteiger partial charge in [-0.25, -0.2) is 4.98 Å². The van der Waals surface area contributed by atoms with E-state index >= 15 is 0 Å². The fourth-order valence-electron chi connectivity index (χ4n) is 2.40. The van der Waals surface area contributed by atoms with Crippen LogP contribution in [0.2, 0.25) is 5.02 Å². The van der Waals surface area contributed by atoms with E-state index < -0.39 is 0 Å². The molecule has 0 aliphatic carbocycles. The summed E-state index contributed by atoms with van der Waals surface area (Å²) < 4.78 is 3.12. The molecule has 0 amide bonds. The minimum Gasteiger partial charge on any atom is -0.294 e. The van der Waals surface area contributed by atoms with E-state index in [4.69, 9.17) is 23.2 Å². The first kappa shape index (κ1) is 14.9. The normalized spacial score (nSPS) is 12.8. The van der Waals surface area contributed by atoms with E-state index in [1.54, 1.807) is 0 Å². The summed E-state index contributed by atoms with van der Waals surface area (Å²) in [6.45, 7) is 3.98. The van der Waals surface area contributed by atoms with Gasteiger partial charge in [0.15, 0.2) is 0 Å². The van der Waals surface area contributed by atoms with Crippen LogP contribution in [-0.2, 0) is 0 Å². The Morgan fingerprint density at radius 2 is 2.00 bits per heavy atom. The lowest BCUT2D eigenvalue weighted by atomic mass is 10.2. The molecule has 21 heavy (non-hydrogen) atoms. The maximum Gasteiger partial charge on any atom is 0.132 e. The van der Waals surface area contributed by atoms with Gasteiger partial charge in [-0.1, -0.05) is 23.7 Å². The van der Waals surface area contributed by atoms with Crippen LogP contribution < -0.4 is 0 Å². The molecule has 1 atom stereocenters. The van der Waals surface area contributed by atoms with Crippen LogP contribution in [0.5, 0.6) is 0 Å². The third-order valence-electron chi connectivity index (χ3n) is 3.41. The summed E-state index contributed by atoms with van der Waals surface area (Å²) in [5, 5.41) is 0.466. The van der Waals surface area contributed by atoms with Crippen molar-refractivity contribution in [2.75, 3.05) is 0 Å². The van der Waals surface area contributed by atoms with E-state index in [9.17, 15) is 0 Å². The fourth-order valence-corrected chi connectivity index (χ4v) is 3.15. The minimum absolute atomic E-state index is 0.205. The number of rotatable bonds is 2. The number of fused-ring (bicyclic) bond motifs is 1. The van der Waals surface area contributed by atoms with Gasteiger partial charge in [-0.3, -0.25) is 4.57 Å². The first-order chi connectivity index (χ1) is 9.99. The average molecular weight is 384 g/mol. The maximum absolute atomic E-state index is 6.33. The topological polar surface area (TPSA) is 17.8 Å². The quantitative estimate of drug-likeness (QED) is 0.492. The molecular weight excluding hydrogens is 371 g/mol. The van der Waals surface area contributed by atoms with E-state index in [1.165, 1.54) is 0 Å². The molecule has 0 saturated heterocycles. The molecule has 3 aromatic rings. The number of benzene rings is 2. The molecule has 0 spiro atoms. The van der Waals surface area contributed by atoms with Gasteiger partial charge < -0.3 is 0 Å². The van der Waals surface area contributed by atoms with Crippen molar-refractivity contribution in [2.24, 2.45) is 0 Å². The number of alkyl halides is 1. The Labute approximate surface area is 141 Å². The molecule has 2 nitrogen and oxygen atoms in total. The second kappa shape index (κ2) is 5.64. The van der Waals surface area contributed by atoms with Gasteiger partial charge in [-0.05, 0) is 59.6 Å². The van der Waals surface area contributed by atoms with Crippen molar-refractivity contribution < 1.29 is 0 Å². The van der Waals surface area contributed by atoms with Crippen LogP contribution in [-0.4, -0.2) is 9.55 Å². The molecular formula is C16H13BrCl2N2. The van der Waals surface area contributed by atoms with Gasteiger partial charge in [0.05, 0.1) is 22.1 Å². The van der Waals surface area contributed by atoms with Gasteiger partial charge in [0.2, 0.25) is 0 Å². The Hall–Kier alpha value is -1.03. The summed E-state index contributed by atoms with van der Waals surface area (Å²) in [5.41, 5.74) is 4.03. The highest BCUT2D eigenvalue weighted by Gasteiger charge is 2.18. The van der Waals surface area contributed by atoms with Gasteiger partial charge in [-0.15, -0.1) is 11.6 Å². The smallest absolute Gasteiger partial charge is 0.132 e. The number of hydrogen-bond acceptors (Lipinski definition) is 1. The van der Waals surface area contributed by atoms with Crippen LogP contribution in [0, 0.1) is 6.92 Å². The Bertz CT molecular complexity index is 825. The molecule has 5 heteroatoms. The lowest BCUT2D eigenvalue weighted by Crippen LogP contribution is -2.03. The zero-order chi connectivity index (χ0) is 15.1. The predicted molar refractivity (Wildman–Crippen MR) is 92.8 cm³/mol. The van der Waals surface area contributed by atoms with Crippen molar-refractivity contribution >= 4 is 50.2 Å². The summed E-state index contributed by atoms with van der Waals surface area (Å²) in [6, 6.07) is 11.8. The van der Waals surface area contributed by atoms with Crippen LogP contribution in [0.25, 0.3) is 16.7 Å². The largest absolute Gasteiger partial charge is 0.294 e. The van der Waals surface area contributed by atoms with Crippen molar-refractivity contribution in [3.63, 3.8) is 0 Å². The molecule has 1 aromatic heterocycles. The Morgan fingerprint density at radius 1 is 1.24 bits per heavy atom. The second-order valence-electron chi connectivity index (χ2n) is 4.96. The number of halogens is 3. The summed E-state index contributed by atoms with van der Waals surface area (Å²) in [5.74, 6) is 0.806. The molecule has 2 aromatic carbocycles. The number of aromatic nitrogens is 2. The molecule has 0 fully saturated rings. The third-order valence-corrected chi connectivity index (χ3v) is 4.87. The van der Waals surface area contributed by atoms with Crippen molar-refractivity contribution in [1.82, 2.24) is 9.55 Å². The lowest BCUT2D eigenvalue weighted by molar-refractivity contribution is 0.879. The van der Waals surface area contributed by atoms with Crippen LogP contribution in [0.4, 0.5) is 0 Å². The zero-order valence-electron chi connectivity index (χ0n) is 11.6. The van der Waals surface area contributed by atoms with E-state index in [0.717, 1.165) is 32.6 Å². The summed E-state index contributed by atoms with van der Waals surface area (Å²) in [6.07, 6.45) is 0. The zero-order valence-corrected chi connectivity index (χ0v) is 14.7. The van der Waals surface area contributed by atoms with Crippen molar-refractivity contribution in [3.8, 4) is 5.69 Å². The number of nitrogens with zero attached hydrogens (tertiary/aromatic N) is 2. The number of aryl methyl sites for hydroxylation is 1. The number of imidazole rings is 1. The molecule has 1 heterocycles. The molecule has 0 radical (unpaired) electrons. The number of hydrogen-bond donors (Lipinski definition) is 0. The van der Waals surface area contributed by atoms with E-state index in [-0.39, 0.29) is 5.38 Å². The molecule has 0 N–H and O–H groups in total. The monoisotopic (exact) mass is 382 g/mol. The molecule has 1 unspecified atom stereocenters. The van der Waals surface area contributed by atoms with Gasteiger partial charge in [-0.2, -0.15) is 0 Å². The van der Waals surface area contributed by atoms with Crippen LogP contribution in [0.1, 0.15) is 23.7 Å². The molecule has 0 saturated carbocycles. The average Bonchev–Trinajstić information content (AvgIpc) is 2.80. The van der Waals surface area contributed by atoms with Crippen LogP contribution in [0.15, 0.2) is 40.9 Å². The Kier molecular flexibility index (Phi) is 4.00. The van der Waals surface area contributed by atoms with Crippen molar-refractivity contribution in [2.45, 2.75) is 19.2 Å². The SMILES string of the molecule is Cc1cccc(-n2c(C(C)Cl)nc3cc(Cl)ccc32)c1Br. The molecule has 3 rings (SSSR count). The van der Waals surface area contributed by atoms with E-state index in [1.807, 2.05) is 31.2 Å². The maximum atomic E-state index is 6.33. The highest BCUT2D eigenvalue weighted by atomic mass is 79.9. The first-order valence-corrected chi connectivity index (χ1v) is 8.17. The molecule has 0 aliphatic rings. The Balaban J connectivity index is 2.39. The summed E-state index contributed by atoms with van der Waals surface area (Å²) in [7, 11) is 0. The first-order valence-electron chi connectivity index (χ1n) is 6.56. The van der Waals surface area contributed by atoms with Gasteiger partial charge in [0, 0.05) is 9.50 Å². The van der Waals surface area contributed by atoms with Crippen LogP contribution >= 0.6 is 39.1 Å². The molecule has 0 aliphatic heterocycles. The Morgan fingerprint density at radius 3 is 2.71 bits per heavy atom. The lowest BCUT2D eigenvalue weighted by Gasteiger charge is -2.13. The highest BCUT2D eigenvalue weighted by Crippen LogP contribution is 2.33. The summed E-state index contributed by atoms with van der Waals surface area (Å²) in [4.78, 5) is 4.65. The predicted octanol–water partition coefficient (Wildman–Crippen LogP) is 6.05. The van der Waals surface area contributed by atoms with Gasteiger partial charge >= 0.3 is 0 Å². The van der Waals surface area contributed by atoms with E-state index in [0.29, 0.717) is 5.02 Å². The van der Waals surface area contributed by atoms with Gasteiger partial charge in [0.25, 0.3) is 0 Å². The fraction of sp³-hybridized carbons (Fsp3) is 0.188. The van der Waals surface area contributed by atoms with Crippen molar-refractivity contribution in [3.05, 3.63) is 57.3 Å². The second-order valence-corrected chi connectivity index (χ2v) is 6.85. The molecule has 0 bridgehead atoms. The minimum atomic E-state index is -0.205. The summed E-state index contributed by atoms with van der Waals surface area (Å²) >= 11 is 16.1. The van der Waals surface area contributed by atoms with E-state index in [2.05, 4.69) is 44.5 Å². The third kappa shape index (κ3) is 2.59. The molecule has 108 valence electrons. The highest BCUT2D eigenvalue weighted by molar-refractivity contribution is 9.10. The van der Waals surface area contributed by atoms with Gasteiger partial charge in [0.1, 0.15) is 5.82 Å². The van der Waals surface area contributed by atoms with Crippen LogP contribution in [0.3, 0.4) is 0 Å². The van der Waals surface area contributed by atoms with Crippen molar-refractivity contribution in [1.29, 1.82) is 0 Å².